The van der Waals surface area contributed by atoms with Crippen LogP contribution < -0.4 is 5.32 Å². The standard InChI is InChI=1S/C20H18ClNO3/c1-20(19(24)25,12-5-3-2-4-6-12)22-18(23)17-15-10-11-9-13(21)7-8-14(11)16(15)17/h2-9,15-17H,10H2,1H3,(H,22,23)(H,24,25). The van der Waals surface area contributed by atoms with Crippen LogP contribution >= 0.6 is 11.6 Å². The summed E-state index contributed by atoms with van der Waals surface area (Å²) in [5, 5.41) is 13.2. The number of carboxylic acids is 1. The molecule has 4 unspecified atom stereocenters. The summed E-state index contributed by atoms with van der Waals surface area (Å²) >= 11 is 6.03. The fourth-order valence-corrected chi connectivity index (χ4v) is 4.28. The Hall–Kier alpha value is -2.33. The number of rotatable bonds is 4. The Morgan fingerprint density at radius 2 is 1.92 bits per heavy atom. The summed E-state index contributed by atoms with van der Waals surface area (Å²) in [7, 11) is 0. The van der Waals surface area contributed by atoms with E-state index in [0.29, 0.717) is 10.6 Å². The van der Waals surface area contributed by atoms with Crippen molar-refractivity contribution in [2.75, 3.05) is 0 Å². The van der Waals surface area contributed by atoms with Crippen molar-refractivity contribution < 1.29 is 14.7 Å². The van der Waals surface area contributed by atoms with Crippen molar-refractivity contribution >= 4 is 23.5 Å². The third kappa shape index (κ3) is 2.52. The predicted octanol–water partition coefficient (Wildman–Crippen LogP) is 3.34. The summed E-state index contributed by atoms with van der Waals surface area (Å²) in [4.78, 5) is 24.6. The van der Waals surface area contributed by atoms with Gasteiger partial charge in [-0.25, -0.2) is 4.79 Å². The van der Waals surface area contributed by atoms with Gasteiger partial charge in [0, 0.05) is 10.9 Å². The number of fused-ring (bicyclic) bond motifs is 3. The first-order chi connectivity index (χ1) is 11.9. The lowest BCUT2D eigenvalue weighted by Crippen LogP contribution is -2.50. The lowest BCUT2D eigenvalue weighted by molar-refractivity contribution is -0.147. The molecule has 2 aromatic rings. The third-order valence-electron chi connectivity index (χ3n) is 5.54. The highest BCUT2D eigenvalue weighted by molar-refractivity contribution is 6.30. The Kier molecular flexibility index (Phi) is 3.62. The number of hydrogen-bond acceptors (Lipinski definition) is 2. The number of hydrogen-bond donors (Lipinski definition) is 2. The fraction of sp³-hybridized carbons (Fsp3) is 0.300. The van der Waals surface area contributed by atoms with Gasteiger partial charge in [-0.15, -0.1) is 0 Å². The lowest BCUT2D eigenvalue weighted by Gasteiger charge is -2.27. The van der Waals surface area contributed by atoms with Crippen LogP contribution in [-0.4, -0.2) is 17.0 Å². The van der Waals surface area contributed by atoms with E-state index in [0.717, 1.165) is 6.42 Å². The van der Waals surface area contributed by atoms with Crippen molar-refractivity contribution in [3.05, 3.63) is 70.2 Å². The molecule has 2 aliphatic carbocycles. The zero-order valence-electron chi connectivity index (χ0n) is 13.7. The fourth-order valence-electron chi connectivity index (χ4n) is 4.09. The van der Waals surface area contributed by atoms with Gasteiger partial charge in [0.15, 0.2) is 5.54 Å². The van der Waals surface area contributed by atoms with E-state index in [1.54, 1.807) is 24.3 Å². The van der Waals surface area contributed by atoms with Gasteiger partial charge in [-0.2, -0.15) is 0 Å². The Balaban J connectivity index is 1.55. The van der Waals surface area contributed by atoms with Gasteiger partial charge in [0.25, 0.3) is 0 Å². The second-order valence-electron chi connectivity index (χ2n) is 7.05. The Bertz CT molecular complexity index is 866. The Morgan fingerprint density at radius 1 is 1.20 bits per heavy atom. The maximum absolute atomic E-state index is 12.8. The second-order valence-corrected chi connectivity index (χ2v) is 7.48. The van der Waals surface area contributed by atoms with Gasteiger partial charge in [-0.1, -0.05) is 48.0 Å². The van der Waals surface area contributed by atoms with Crippen LogP contribution in [-0.2, 0) is 21.5 Å². The van der Waals surface area contributed by atoms with Crippen molar-refractivity contribution in [1.29, 1.82) is 0 Å². The number of nitrogens with one attached hydrogen (secondary N) is 1. The van der Waals surface area contributed by atoms with E-state index >= 15 is 0 Å². The first-order valence-corrected chi connectivity index (χ1v) is 8.69. The third-order valence-corrected chi connectivity index (χ3v) is 5.78. The number of carbonyl (C=O) groups excluding carboxylic acids is 1. The van der Waals surface area contributed by atoms with E-state index in [9.17, 15) is 14.7 Å². The molecule has 2 aromatic carbocycles. The molecule has 1 saturated carbocycles. The molecule has 2 N–H and O–H groups in total. The lowest BCUT2D eigenvalue weighted by atomic mass is 9.91. The Labute approximate surface area is 150 Å². The molecule has 5 heteroatoms. The average Bonchev–Trinajstić information content (AvgIpc) is 3.18. The summed E-state index contributed by atoms with van der Waals surface area (Å²) in [5.74, 6) is -0.978. The molecule has 25 heavy (non-hydrogen) atoms. The molecule has 4 atom stereocenters. The highest BCUT2D eigenvalue weighted by atomic mass is 35.5. The van der Waals surface area contributed by atoms with Crippen LogP contribution in [0.4, 0.5) is 0 Å². The maximum Gasteiger partial charge on any atom is 0.333 e. The number of carboxylic acid groups (broad SMARTS) is 1. The zero-order chi connectivity index (χ0) is 17.8. The number of halogens is 1. The molecule has 0 heterocycles. The topological polar surface area (TPSA) is 66.4 Å². The van der Waals surface area contributed by atoms with Crippen LogP contribution in [0.25, 0.3) is 0 Å². The number of benzene rings is 2. The number of amides is 1. The highest BCUT2D eigenvalue weighted by Crippen LogP contribution is 2.61. The van der Waals surface area contributed by atoms with Gasteiger partial charge in [0.1, 0.15) is 0 Å². The van der Waals surface area contributed by atoms with Gasteiger partial charge in [0.05, 0.1) is 0 Å². The normalized spacial score (nSPS) is 25.4. The molecule has 0 aromatic heterocycles. The quantitative estimate of drug-likeness (QED) is 0.884. The van der Waals surface area contributed by atoms with Crippen LogP contribution in [0.1, 0.15) is 29.5 Å². The molecule has 128 valence electrons. The van der Waals surface area contributed by atoms with E-state index in [2.05, 4.69) is 5.32 Å². The largest absolute Gasteiger partial charge is 0.479 e. The van der Waals surface area contributed by atoms with Crippen LogP contribution in [0.3, 0.4) is 0 Å². The molecular weight excluding hydrogens is 338 g/mol. The highest BCUT2D eigenvalue weighted by Gasteiger charge is 2.60. The van der Waals surface area contributed by atoms with Gasteiger partial charge in [-0.05, 0) is 54.0 Å². The molecule has 0 aliphatic heterocycles. The van der Waals surface area contributed by atoms with Crippen LogP contribution in [0.15, 0.2) is 48.5 Å². The first kappa shape index (κ1) is 16.2. The van der Waals surface area contributed by atoms with Crippen LogP contribution in [0.2, 0.25) is 5.02 Å². The Morgan fingerprint density at radius 3 is 2.60 bits per heavy atom. The minimum absolute atomic E-state index is 0.156. The van der Waals surface area contributed by atoms with Crippen molar-refractivity contribution in [1.82, 2.24) is 5.32 Å². The monoisotopic (exact) mass is 355 g/mol. The summed E-state index contributed by atoms with van der Waals surface area (Å²) in [5.41, 5.74) is 1.51. The van der Waals surface area contributed by atoms with Gasteiger partial charge in [-0.3, -0.25) is 4.79 Å². The maximum atomic E-state index is 12.8. The smallest absolute Gasteiger partial charge is 0.333 e. The van der Waals surface area contributed by atoms with Crippen LogP contribution in [0.5, 0.6) is 0 Å². The van der Waals surface area contributed by atoms with E-state index in [4.69, 9.17) is 11.6 Å². The molecule has 0 spiro atoms. The molecule has 0 bridgehead atoms. The summed E-state index contributed by atoms with van der Waals surface area (Å²) < 4.78 is 0. The minimum atomic E-state index is -1.43. The zero-order valence-corrected chi connectivity index (χ0v) is 14.5. The number of aliphatic carboxylic acids is 1. The van der Waals surface area contributed by atoms with Gasteiger partial charge in [0.2, 0.25) is 5.91 Å². The molecule has 4 nitrogen and oxygen atoms in total. The molecule has 0 saturated heterocycles. The van der Waals surface area contributed by atoms with Crippen molar-refractivity contribution in [2.24, 2.45) is 11.8 Å². The van der Waals surface area contributed by atoms with Crippen molar-refractivity contribution in [2.45, 2.75) is 24.8 Å². The van der Waals surface area contributed by atoms with E-state index < -0.39 is 11.5 Å². The molecule has 0 radical (unpaired) electrons. The number of carbonyl (C=O) groups is 2. The molecule has 2 aliphatic rings. The van der Waals surface area contributed by atoms with Gasteiger partial charge < -0.3 is 10.4 Å². The summed E-state index contributed by atoms with van der Waals surface area (Å²) in [6, 6.07) is 14.6. The van der Waals surface area contributed by atoms with E-state index in [1.807, 2.05) is 24.3 Å². The van der Waals surface area contributed by atoms with Crippen LogP contribution in [0, 0.1) is 11.8 Å². The van der Waals surface area contributed by atoms with Crippen molar-refractivity contribution in [3.8, 4) is 0 Å². The second kappa shape index (κ2) is 5.60. The average molecular weight is 356 g/mol. The summed E-state index contributed by atoms with van der Waals surface area (Å²) in [6.45, 7) is 1.54. The molecular formula is C20H18ClNO3. The SMILES string of the molecule is CC(NC(=O)C1C2Cc3cc(Cl)ccc3C21)(C(=O)O)c1ccccc1. The van der Waals surface area contributed by atoms with Crippen molar-refractivity contribution in [3.63, 3.8) is 0 Å². The molecule has 4 rings (SSSR count). The first-order valence-electron chi connectivity index (χ1n) is 8.31. The molecule has 1 amide bonds. The van der Waals surface area contributed by atoms with Gasteiger partial charge >= 0.3 is 5.97 Å². The van der Waals surface area contributed by atoms with E-state index in [-0.39, 0.29) is 23.7 Å². The van der Waals surface area contributed by atoms with E-state index in [1.165, 1.54) is 18.1 Å². The summed E-state index contributed by atoms with van der Waals surface area (Å²) in [6.07, 6.45) is 0.827. The predicted molar refractivity (Wildman–Crippen MR) is 94.4 cm³/mol. The minimum Gasteiger partial charge on any atom is -0.479 e. The molecule has 1 fully saturated rings.